The number of rotatable bonds is 4. The molecule has 0 aromatic heterocycles. The van der Waals surface area contributed by atoms with Crippen LogP contribution in [0.3, 0.4) is 0 Å². The normalized spacial score (nSPS) is 22.1. The van der Waals surface area contributed by atoms with Crippen molar-refractivity contribution in [3.63, 3.8) is 0 Å². The maximum atomic E-state index is 10.8. The van der Waals surface area contributed by atoms with Gasteiger partial charge >= 0.3 is 0 Å². The summed E-state index contributed by atoms with van der Waals surface area (Å²) in [5, 5.41) is 3.20. The summed E-state index contributed by atoms with van der Waals surface area (Å²) in [6, 6.07) is -0.0490. The minimum absolute atomic E-state index is 0.0490. The first-order valence-electron chi connectivity index (χ1n) is 4.93. The number of hydrogen-bond acceptors (Lipinski definition) is 4. The van der Waals surface area contributed by atoms with Gasteiger partial charge in [0.15, 0.2) is 0 Å². The second-order valence-corrected chi connectivity index (χ2v) is 5.09. The summed E-state index contributed by atoms with van der Waals surface area (Å²) in [7, 11) is -3.85. The molecule has 5 nitrogen and oxygen atoms in total. The van der Waals surface area contributed by atoms with Crippen LogP contribution in [0.25, 0.3) is 0 Å². The zero-order valence-electron chi connectivity index (χ0n) is 8.44. The van der Waals surface area contributed by atoms with Gasteiger partial charge in [-0.15, -0.1) is 0 Å². The minimum atomic E-state index is -3.85. The highest BCUT2D eigenvalue weighted by Gasteiger charge is 2.23. The molecule has 2 N–H and O–H groups in total. The van der Waals surface area contributed by atoms with E-state index in [0.717, 1.165) is 32.6 Å². The first-order valence-corrected chi connectivity index (χ1v) is 6.54. The van der Waals surface area contributed by atoms with Crippen LogP contribution in [0.2, 0.25) is 0 Å². The molecule has 1 atom stereocenters. The van der Waals surface area contributed by atoms with Crippen LogP contribution in [0.4, 0.5) is 0 Å². The molecule has 0 saturated carbocycles. The number of nitrogens with one attached hydrogen (secondary N) is 1. The fraction of sp³-hybridized carbons (Fsp3) is 1.00. The molecule has 1 rings (SSSR count). The van der Waals surface area contributed by atoms with E-state index in [-0.39, 0.29) is 11.8 Å². The third-order valence-electron chi connectivity index (χ3n) is 2.54. The molecule has 84 valence electrons. The molecule has 14 heavy (non-hydrogen) atoms. The quantitative estimate of drug-likeness (QED) is 0.631. The zero-order chi connectivity index (χ0) is 10.6. The first-order chi connectivity index (χ1) is 6.53. The fourth-order valence-corrected chi connectivity index (χ4v) is 2.70. The third-order valence-corrected chi connectivity index (χ3v) is 3.35. The average molecular weight is 222 g/mol. The summed E-state index contributed by atoms with van der Waals surface area (Å²) >= 11 is 0. The molecule has 0 bridgehead atoms. The monoisotopic (exact) mass is 222 g/mol. The van der Waals surface area contributed by atoms with Crippen molar-refractivity contribution in [1.29, 1.82) is 0 Å². The molecule has 0 aliphatic carbocycles. The van der Waals surface area contributed by atoms with E-state index in [1.54, 1.807) is 0 Å². The Morgan fingerprint density at radius 1 is 1.43 bits per heavy atom. The molecular weight excluding hydrogens is 204 g/mol. The summed E-state index contributed by atoms with van der Waals surface area (Å²) in [5.74, 6) is -0.149. The van der Waals surface area contributed by atoms with Gasteiger partial charge in [0.2, 0.25) is 0 Å². The van der Waals surface area contributed by atoms with Crippen molar-refractivity contribution >= 4 is 10.1 Å². The third kappa shape index (κ3) is 3.91. The molecular formula is C8H18N2O3S. The van der Waals surface area contributed by atoms with E-state index in [1.807, 2.05) is 6.92 Å². The lowest BCUT2D eigenvalue weighted by Crippen LogP contribution is -2.50. The molecule has 1 unspecified atom stereocenters. The predicted molar refractivity (Wildman–Crippen MR) is 54.9 cm³/mol. The van der Waals surface area contributed by atoms with Gasteiger partial charge in [0, 0.05) is 32.2 Å². The molecule has 1 aliphatic heterocycles. The van der Waals surface area contributed by atoms with Crippen molar-refractivity contribution in [2.45, 2.75) is 19.4 Å². The smallest absolute Gasteiger partial charge is 0.266 e. The number of piperazine rings is 1. The highest BCUT2D eigenvalue weighted by atomic mass is 32.2. The lowest BCUT2D eigenvalue weighted by molar-refractivity contribution is 0.180. The fourth-order valence-electron chi connectivity index (χ4n) is 1.77. The van der Waals surface area contributed by atoms with E-state index in [0.29, 0.717) is 0 Å². The molecule has 0 amide bonds. The largest absolute Gasteiger partial charge is 0.314 e. The summed E-state index contributed by atoms with van der Waals surface area (Å²) in [4.78, 5) is 2.12. The van der Waals surface area contributed by atoms with E-state index in [1.165, 1.54) is 0 Å². The van der Waals surface area contributed by atoms with Crippen LogP contribution < -0.4 is 5.32 Å². The zero-order valence-corrected chi connectivity index (χ0v) is 9.26. The molecule has 1 heterocycles. The van der Waals surface area contributed by atoms with Crippen molar-refractivity contribution in [3.05, 3.63) is 0 Å². The maximum absolute atomic E-state index is 10.8. The van der Waals surface area contributed by atoms with Crippen molar-refractivity contribution in [2.24, 2.45) is 0 Å². The van der Waals surface area contributed by atoms with Gasteiger partial charge in [-0.05, 0) is 6.42 Å². The van der Waals surface area contributed by atoms with Crippen molar-refractivity contribution < 1.29 is 13.0 Å². The predicted octanol–water partition coefficient (Wildman–Crippen LogP) is -0.442. The molecule has 0 aromatic carbocycles. The highest BCUT2D eigenvalue weighted by Crippen LogP contribution is 2.07. The van der Waals surface area contributed by atoms with Crippen LogP contribution in [0.1, 0.15) is 13.3 Å². The van der Waals surface area contributed by atoms with Crippen LogP contribution in [0.15, 0.2) is 0 Å². The number of nitrogens with zero attached hydrogens (tertiary/aromatic N) is 1. The van der Waals surface area contributed by atoms with E-state index in [4.69, 9.17) is 4.55 Å². The number of hydrogen-bond donors (Lipinski definition) is 2. The Bertz CT molecular complexity index is 260. The van der Waals surface area contributed by atoms with Crippen molar-refractivity contribution in [3.8, 4) is 0 Å². The summed E-state index contributed by atoms with van der Waals surface area (Å²) < 4.78 is 30.3. The van der Waals surface area contributed by atoms with Crippen LogP contribution in [0, 0.1) is 0 Å². The van der Waals surface area contributed by atoms with Gasteiger partial charge in [-0.3, -0.25) is 9.45 Å². The Kier molecular flexibility index (Phi) is 4.31. The standard InChI is InChI=1S/C8H18N2O3S/c1-2-8(7-14(11,12)13)10-5-3-9-4-6-10/h8-9H,2-7H2,1H3,(H,11,12,13). The molecule has 6 heteroatoms. The molecule has 0 spiro atoms. The Morgan fingerprint density at radius 2 is 2.00 bits per heavy atom. The van der Waals surface area contributed by atoms with Gasteiger partial charge < -0.3 is 5.32 Å². The van der Waals surface area contributed by atoms with Gasteiger partial charge in [0.25, 0.3) is 10.1 Å². The van der Waals surface area contributed by atoms with E-state index >= 15 is 0 Å². The molecule has 1 fully saturated rings. The van der Waals surface area contributed by atoms with Crippen molar-refractivity contribution in [2.75, 3.05) is 31.9 Å². The summed E-state index contributed by atoms with van der Waals surface area (Å²) in [6.45, 7) is 5.43. The topological polar surface area (TPSA) is 69.6 Å². The lowest BCUT2D eigenvalue weighted by atomic mass is 10.2. The van der Waals surface area contributed by atoms with Gasteiger partial charge in [0.1, 0.15) is 0 Å². The molecule has 1 aliphatic rings. The van der Waals surface area contributed by atoms with Crippen molar-refractivity contribution in [1.82, 2.24) is 10.2 Å². The Morgan fingerprint density at radius 3 is 2.43 bits per heavy atom. The van der Waals surface area contributed by atoms with E-state index in [9.17, 15) is 8.42 Å². The van der Waals surface area contributed by atoms with Crippen LogP contribution >= 0.6 is 0 Å². The molecule has 1 saturated heterocycles. The Labute approximate surface area is 85.2 Å². The Balaban J connectivity index is 2.52. The van der Waals surface area contributed by atoms with Crippen LogP contribution in [0.5, 0.6) is 0 Å². The summed E-state index contributed by atoms with van der Waals surface area (Å²) in [6.07, 6.45) is 0.750. The summed E-state index contributed by atoms with van der Waals surface area (Å²) in [5.41, 5.74) is 0. The lowest BCUT2D eigenvalue weighted by Gasteiger charge is -2.33. The molecule has 0 aromatic rings. The van der Waals surface area contributed by atoms with Gasteiger partial charge in [0.05, 0.1) is 5.75 Å². The van der Waals surface area contributed by atoms with Gasteiger partial charge in [-0.2, -0.15) is 8.42 Å². The Hall–Kier alpha value is -0.170. The second kappa shape index (κ2) is 5.06. The van der Waals surface area contributed by atoms with Crippen LogP contribution in [-0.4, -0.2) is 55.8 Å². The maximum Gasteiger partial charge on any atom is 0.266 e. The van der Waals surface area contributed by atoms with Gasteiger partial charge in [-0.1, -0.05) is 6.92 Å². The first kappa shape index (κ1) is 11.9. The van der Waals surface area contributed by atoms with E-state index < -0.39 is 10.1 Å². The van der Waals surface area contributed by atoms with Crippen LogP contribution in [-0.2, 0) is 10.1 Å². The van der Waals surface area contributed by atoms with Gasteiger partial charge in [-0.25, -0.2) is 0 Å². The molecule has 0 radical (unpaired) electrons. The average Bonchev–Trinajstić information content (AvgIpc) is 2.14. The SMILES string of the molecule is CCC(CS(=O)(=O)O)N1CCNCC1. The van der Waals surface area contributed by atoms with E-state index in [2.05, 4.69) is 10.2 Å². The minimum Gasteiger partial charge on any atom is -0.314 e. The highest BCUT2D eigenvalue weighted by molar-refractivity contribution is 7.85. The second-order valence-electron chi connectivity index (χ2n) is 3.60.